The van der Waals surface area contributed by atoms with Crippen LogP contribution in [0, 0.1) is 6.92 Å². The van der Waals surface area contributed by atoms with E-state index in [0.29, 0.717) is 6.61 Å². The third-order valence-corrected chi connectivity index (χ3v) is 5.01. The Labute approximate surface area is 179 Å². The van der Waals surface area contributed by atoms with Crippen LogP contribution < -0.4 is 15.4 Å². The topological polar surface area (TPSA) is 50.4 Å². The molecule has 3 aromatic rings. The van der Waals surface area contributed by atoms with Gasteiger partial charge in [0.1, 0.15) is 5.75 Å². The number of anilines is 2. The predicted molar refractivity (Wildman–Crippen MR) is 124 cm³/mol. The van der Waals surface area contributed by atoms with Crippen LogP contribution in [-0.2, 0) is 17.6 Å². The van der Waals surface area contributed by atoms with Gasteiger partial charge in [-0.05, 0) is 55.0 Å². The Bertz CT molecular complexity index is 954. The van der Waals surface area contributed by atoms with E-state index >= 15 is 0 Å². The maximum Gasteiger partial charge on any atom is 0.243 e. The van der Waals surface area contributed by atoms with Crippen molar-refractivity contribution in [2.45, 2.75) is 33.1 Å². The van der Waals surface area contributed by atoms with E-state index in [1.807, 2.05) is 49.4 Å². The van der Waals surface area contributed by atoms with Crippen molar-refractivity contribution in [2.75, 3.05) is 23.8 Å². The second-order valence-electron chi connectivity index (χ2n) is 7.33. The second-order valence-corrected chi connectivity index (χ2v) is 7.33. The van der Waals surface area contributed by atoms with E-state index in [1.165, 1.54) is 5.56 Å². The number of ether oxygens (including phenoxy) is 1. The average molecular weight is 403 g/mol. The van der Waals surface area contributed by atoms with Gasteiger partial charge in [0.05, 0.1) is 13.2 Å². The highest BCUT2D eigenvalue weighted by Crippen LogP contribution is 2.21. The molecule has 0 unspecified atom stereocenters. The Hall–Kier alpha value is -3.27. The van der Waals surface area contributed by atoms with Gasteiger partial charge in [-0.25, -0.2) is 0 Å². The molecular formula is C26H30N2O2. The Morgan fingerprint density at radius 1 is 0.967 bits per heavy atom. The molecule has 0 radical (unpaired) electrons. The lowest BCUT2D eigenvalue weighted by Crippen LogP contribution is -2.22. The van der Waals surface area contributed by atoms with Crippen LogP contribution in [-0.4, -0.2) is 19.1 Å². The van der Waals surface area contributed by atoms with Crippen molar-refractivity contribution in [2.24, 2.45) is 0 Å². The van der Waals surface area contributed by atoms with Crippen molar-refractivity contribution < 1.29 is 9.53 Å². The molecule has 0 aliphatic heterocycles. The van der Waals surface area contributed by atoms with Crippen LogP contribution in [0.5, 0.6) is 5.75 Å². The van der Waals surface area contributed by atoms with Gasteiger partial charge in [0.25, 0.3) is 0 Å². The van der Waals surface area contributed by atoms with Gasteiger partial charge in [-0.2, -0.15) is 0 Å². The summed E-state index contributed by atoms with van der Waals surface area (Å²) >= 11 is 0. The molecular weight excluding hydrogens is 372 g/mol. The van der Waals surface area contributed by atoms with Crippen molar-refractivity contribution in [1.29, 1.82) is 0 Å². The quantitative estimate of drug-likeness (QED) is 0.433. The predicted octanol–water partition coefficient (Wildman–Crippen LogP) is 5.62. The highest BCUT2D eigenvalue weighted by molar-refractivity contribution is 5.95. The number of hydrogen-bond acceptors (Lipinski definition) is 3. The van der Waals surface area contributed by atoms with Crippen LogP contribution in [0.4, 0.5) is 11.4 Å². The molecule has 1 amide bonds. The van der Waals surface area contributed by atoms with Crippen molar-refractivity contribution in [3.05, 3.63) is 89.5 Å². The molecule has 0 saturated heterocycles. The summed E-state index contributed by atoms with van der Waals surface area (Å²) < 4.78 is 5.88. The standard InChI is InChI=1S/C26H30N2O2/c1-3-22-14-7-10-20(2)26(22)28-25(29)19-27-23-15-8-16-24(18-23)30-17-9-13-21-11-5-4-6-12-21/h4-8,10-12,14-16,18,27H,3,9,13,17,19H2,1-2H3,(H,28,29). The van der Waals surface area contributed by atoms with Gasteiger partial charge in [0.15, 0.2) is 0 Å². The van der Waals surface area contributed by atoms with Crippen LogP contribution in [0.15, 0.2) is 72.8 Å². The van der Waals surface area contributed by atoms with Crippen LogP contribution in [0.1, 0.15) is 30.0 Å². The zero-order valence-electron chi connectivity index (χ0n) is 17.8. The molecule has 0 aromatic heterocycles. The maximum atomic E-state index is 12.4. The first kappa shape index (κ1) is 21.4. The normalized spacial score (nSPS) is 10.5. The molecule has 0 saturated carbocycles. The molecule has 0 aliphatic carbocycles. The number of amides is 1. The van der Waals surface area contributed by atoms with Crippen LogP contribution in [0.3, 0.4) is 0 Å². The van der Waals surface area contributed by atoms with E-state index in [4.69, 9.17) is 4.74 Å². The molecule has 0 fully saturated rings. The minimum Gasteiger partial charge on any atom is -0.494 e. The minimum absolute atomic E-state index is 0.0619. The van der Waals surface area contributed by atoms with Gasteiger partial charge in [0, 0.05) is 17.4 Å². The molecule has 0 spiro atoms. The maximum absolute atomic E-state index is 12.4. The molecule has 0 aliphatic rings. The van der Waals surface area contributed by atoms with Gasteiger partial charge in [-0.1, -0.05) is 61.5 Å². The average Bonchev–Trinajstić information content (AvgIpc) is 2.78. The fourth-order valence-corrected chi connectivity index (χ4v) is 3.37. The monoisotopic (exact) mass is 402 g/mol. The number of rotatable bonds is 10. The molecule has 30 heavy (non-hydrogen) atoms. The molecule has 0 heterocycles. The van der Waals surface area contributed by atoms with Gasteiger partial charge >= 0.3 is 0 Å². The van der Waals surface area contributed by atoms with Crippen LogP contribution in [0.25, 0.3) is 0 Å². The van der Waals surface area contributed by atoms with Crippen molar-refractivity contribution in [3.63, 3.8) is 0 Å². The molecule has 3 rings (SSSR count). The first-order chi connectivity index (χ1) is 14.7. The number of carbonyl (C=O) groups excluding carboxylic acids is 1. The highest BCUT2D eigenvalue weighted by atomic mass is 16.5. The minimum atomic E-state index is -0.0619. The summed E-state index contributed by atoms with van der Waals surface area (Å²) in [5.41, 5.74) is 5.33. The zero-order chi connectivity index (χ0) is 21.2. The molecule has 4 nitrogen and oxygen atoms in total. The Morgan fingerprint density at radius 2 is 1.77 bits per heavy atom. The smallest absolute Gasteiger partial charge is 0.243 e. The lowest BCUT2D eigenvalue weighted by Gasteiger charge is -2.14. The highest BCUT2D eigenvalue weighted by Gasteiger charge is 2.08. The third-order valence-electron chi connectivity index (χ3n) is 5.01. The van der Waals surface area contributed by atoms with Crippen molar-refractivity contribution >= 4 is 17.3 Å². The molecule has 4 heteroatoms. The Morgan fingerprint density at radius 3 is 2.57 bits per heavy atom. The van der Waals surface area contributed by atoms with E-state index in [2.05, 4.69) is 47.9 Å². The van der Waals surface area contributed by atoms with E-state index in [-0.39, 0.29) is 12.5 Å². The summed E-state index contributed by atoms with van der Waals surface area (Å²) in [6.07, 6.45) is 2.84. The summed E-state index contributed by atoms with van der Waals surface area (Å²) in [5, 5.41) is 6.23. The third kappa shape index (κ3) is 6.38. The Balaban J connectivity index is 1.46. The first-order valence-electron chi connectivity index (χ1n) is 10.5. The number of aryl methyl sites for hydroxylation is 3. The van der Waals surface area contributed by atoms with E-state index < -0.39 is 0 Å². The SMILES string of the molecule is CCc1cccc(C)c1NC(=O)CNc1cccc(OCCCc2ccccc2)c1. The van der Waals surface area contributed by atoms with E-state index in [0.717, 1.165) is 47.5 Å². The van der Waals surface area contributed by atoms with Gasteiger partial charge in [-0.3, -0.25) is 4.79 Å². The summed E-state index contributed by atoms with van der Waals surface area (Å²) in [5.74, 6) is 0.744. The van der Waals surface area contributed by atoms with Crippen LogP contribution in [0.2, 0.25) is 0 Å². The first-order valence-corrected chi connectivity index (χ1v) is 10.5. The number of benzene rings is 3. The molecule has 156 valence electrons. The van der Waals surface area contributed by atoms with Crippen molar-refractivity contribution in [3.8, 4) is 5.75 Å². The zero-order valence-corrected chi connectivity index (χ0v) is 17.8. The lowest BCUT2D eigenvalue weighted by atomic mass is 10.1. The lowest BCUT2D eigenvalue weighted by molar-refractivity contribution is -0.114. The molecule has 2 N–H and O–H groups in total. The number of nitrogens with one attached hydrogen (secondary N) is 2. The van der Waals surface area contributed by atoms with Crippen molar-refractivity contribution in [1.82, 2.24) is 0 Å². The van der Waals surface area contributed by atoms with Gasteiger partial charge < -0.3 is 15.4 Å². The second kappa shape index (κ2) is 11.1. The largest absolute Gasteiger partial charge is 0.494 e. The number of para-hydroxylation sites is 1. The summed E-state index contributed by atoms with van der Waals surface area (Å²) in [7, 11) is 0. The van der Waals surface area contributed by atoms with Crippen LogP contribution >= 0.6 is 0 Å². The molecule has 0 atom stereocenters. The van der Waals surface area contributed by atoms with Gasteiger partial charge in [0.2, 0.25) is 5.91 Å². The molecule has 3 aromatic carbocycles. The molecule has 0 bridgehead atoms. The summed E-state index contributed by atoms with van der Waals surface area (Å²) in [4.78, 5) is 12.4. The number of hydrogen-bond donors (Lipinski definition) is 2. The van der Waals surface area contributed by atoms with E-state index in [1.54, 1.807) is 0 Å². The number of carbonyl (C=O) groups is 1. The summed E-state index contributed by atoms with van der Waals surface area (Å²) in [6.45, 7) is 4.97. The van der Waals surface area contributed by atoms with E-state index in [9.17, 15) is 4.79 Å². The van der Waals surface area contributed by atoms with Gasteiger partial charge in [-0.15, -0.1) is 0 Å². The Kier molecular flexibility index (Phi) is 7.90. The fourth-order valence-electron chi connectivity index (χ4n) is 3.37. The summed E-state index contributed by atoms with van der Waals surface area (Å²) in [6, 6.07) is 24.2. The fraction of sp³-hybridized carbons (Fsp3) is 0.269.